The van der Waals surface area contributed by atoms with Gasteiger partial charge >= 0.3 is 5.97 Å². The van der Waals surface area contributed by atoms with Gasteiger partial charge in [0, 0.05) is 13.1 Å². The van der Waals surface area contributed by atoms with E-state index in [4.69, 9.17) is 9.47 Å². The second kappa shape index (κ2) is 8.91. The number of carbonyl (C=O) groups is 2. The van der Waals surface area contributed by atoms with Crippen molar-refractivity contribution < 1.29 is 27.5 Å². The highest BCUT2D eigenvalue weighted by molar-refractivity contribution is 7.89. The minimum atomic E-state index is -3.70. The molecular formula is C23H26N2O6S. The summed E-state index contributed by atoms with van der Waals surface area (Å²) in [5.74, 6) is -0.890. The molecule has 0 aliphatic carbocycles. The number of amides is 1. The predicted molar refractivity (Wildman–Crippen MR) is 118 cm³/mol. The van der Waals surface area contributed by atoms with E-state index < -0.39 is 28.0 Å². The second-order valence-corrected chi connectivity index (χ2v) is 10.00. The second-order valence-electron chi connectivity index (χ2n) is 8.06. The lowest BCUT2D eigenvalue weighted by atomic mass is 9.97. The number of esters is 1. The van der Waals surface area contributed by atoms with Crippen LogP contribution in [0, 0.1) is 12.8 Å². The first-order valence-corrected chi connectivity index (χ1v) is 12.0. The van der Waals surface area contributed by atoms with Crippen LogP contribution in [0.2, 0.25) is 0 Å². The Bertz CT molecular complexity index is 1120. The van der Waals surface area contributed by atoms with Gasteiger partial charge < -0.3 is 14.4 Å². The van der Waals surface area contributed by atoms with Crippen LogP contribution in [0.3, 0.4) is 0 Å². The molecule has 2 aromatic carbocycles. The summed E-state index contributed by atoms with van der Waals surface area (Å²) < 4.78 is 38.2. The van der Waals surface area contributed by atoms with Crippen molar-refractivity contribution in [1.29, 1.82) is 0 Å². The molecule has 2 atom stereocenters. The Morgan fingerprint density at radius 2 is 1.78 bits per heavy atom. The summed E-state index contributed by atoms with van der Waals surface area (Å²) in [5.41, 5.74) is 1.54. The highest BCUT2D eigenvalue weighted by atomic mass is 32.2. The molecule has 8 nitrogen and oxygen atoms in total. The maximum absolute atomic E-state index is 13.5. The lowest BCUT2D eigenvalue weighted by Gasteiger charge is -2.38. The van der Waals surface area contributed by atoms with Gasteiger partial charge in [0.05, 0.1) is 30.2 Å². The van der Waals surface area contributed by atoms with Gasteiger partial charge in [0.1, 0.15) is 5.75 Å². The lowest BCUT2D eigenvalue weighted by molar-refractivity contribution is -0.148. The number of methoxy groups -OCH3 is 1. The molecule has 9 heteroatoms. The SMILES string of the molecule is COC(=O)C1CN(C(=O)C2CCCN(S(=O)(=O)c3ccc(C)cc3)C2)c2ccccc2O1. The number of aryl methyl sites for hydroxylation is 1. The van der Waals surface area contributed by atoms with Crippen molar-refractivity contribution in [3.63, 3.8) is 0 Å². The van der Waals surface area contributed by atoms with Crippen molar-refractivity contribution in [3.8, 4) is 5.75 Å². The van der Waals surface area contributed by atoms with E-state index in [2.05, 4.69) is 0 Å². The van der Waals surface area contributed by atoms with E-state index in [1.54, 1.807) is 48.5 Å². The summed E-state index contributed by atoms with van der Waals surface area (Å²) in [6, 6.07) is 13.7. The average molecular weight is 459 g/mol. The largest absolute Gasteiger partial charge is 0.475 e. The maximum atomic E-state index is 13.5. The highest BCUT2D eigenvalue weighted by Gasteiger charge is 2.40. The van der Waals surface area contributed by atoms with Crippen LogP contribution in [0.25, 0.3) is 0 Å². The summed E-state index contributed by atoms with van der Waals surface area (Å²) in [6.07, 6.45) is 0.213. The molecule has 0 saturated carbocycles. The summed E-state index contributed by atoms with van der Waals surface area (Å²) in [5, 5.41) is 0. The van der Waals surface area contributed by atoms with Crippen molar-refractivity contribution >= 4 is 27.6 Å². The number of rotatable bonds is 4. The van der Waals surface area contributed by atoms with E-state index in [1.165, 1.54) is 16.3 Å². The number of hydrogen-bond donors (Lipinski definition) is 0. The molecule has 0 N–H and O–H groups in total. The number of anilines is 1. The van der Waals surface area contributed by atoms with Crippen LogP contribution in [0.4, 0.5) is 5.69 Å². The molecule has 2 aliphatic heterocycles. The van der Waals surface area contributed by atoms with Crippen LogP contribution >= 0.6 is 0 Å². The van der Waals surface area contributed by atoms with E-state index >= 15 is 0 Å². The van der Waals surface area contributed by atoms with Gasteiger partial charge in [-0.1, -0.05) is 29.8 Å². The molecule has 0 spiro atoms. The van der Waals surface area contributed by atoms with Gasteiger partial charge in [-0.15, -0.1) is 0 Å². The third-order valence-corrected chi connectivity index (χ3v) is 7.78. The number of sulfonamides is 1. The lowest BCUT2D eigenvalue weighted by Crippen LogP contribution is -2.52. The number of hydrogen-bond acceptors (Lipinski definition) is 6. The Kier molecular flexibility index (Phi) is 6.21. The smallest absolute Gasteiger partial charge is 0.348 e. The van der Waals surface area contributed by atoms with Gasteiger partial charge in [-0.3, -0.25) is 4.79 Å². The number of para-hydroxylation sites is 2. The molecular weight excluding hydrogens is 432 g/mol. The van der Waals surface area contributed by atoms with Crippen LogP contribution in [-0.2, 0) is 24.3 Å². The highest BCUT2D eigenvalue weighted by Crippen LogP contribution is 2.35. The molecule has 1 amide bonds. The van der Waals surface area contributed by atoms with Crippen LogP contribution in [0.15, 0.2) is 53.4 Å². The fraction of sp³-hybridized carbons (Fsp3) is 0.391. The quantitative estimate of drug-likeness (QED) is 0.653. The number of ether oxygens (including phenoxy) is 2. The minimum absolute atomic E-state index is 0.0176. The normalized spacial score (nSPS) is 21.4. The molecule has 4 rings (SSSR count). The molecule has 2 heterocycles. The average Bonchev–Trinajstić information content (AvgIpc) is 2.82. The predicted octanol–water partition coefficient (Wildman–Crippen LogP) is 2.36. The summed E-state index contributed by atoms with van der Waals surface area (Å²) in [4.78, 5) is 27.4. The number of nitrogens with zero attached hydrogens (tertiary/aromatic N) is 2. The number of fused-ring (bicyclic) bond motifs is 1. The standard InChI is InChI=1S/C23H26N2O6S/c1-16-9-11-18(12-10-16)32(28,29)24-13-5-6-17(14-24)22(26)25-15-21(23(27)30-2)31-20-8-4-3-7-19(20)25/h3-4,7-12,17,21H,5-6,13-15H2,1-2H3. The first kappa shape index (κ1) is 22.3. The van der Waals surface area contributed by atoms with Gasteiger partial charge in [0.2, 0.25) is 22.0 Å². The zero-order chi connectivity index (χ0) is 22.9. The molecule has 2 aliphatic rings. The first-order chi connectivity index (χ1) is 15.3. The topological polar surface area (TPSA) is 93.2 Å². The zero-order valence-corrected chi connectivity index (χ0v) is 18.9. The Morgan fingerprint density at radius 1 is 1.06 bits per heavy atom. The van der Waals surface area contributed by atoms with Crippen molar-refractivity contribution in [2.45, 2.75) is 30.8 Å². The first-order valence-electron chi connectivity index (χ1n) is 10.5. The van der Waals surface area contributed by atoms with E-state index in [-0.39, 0.29) is 23.9 Å². The molecule has 2 aromatic rings. The van der Waals surface area contributed by atoms with Crippen LogP contribution in [-0.4, -0.2) is 57.4 Å². The van der Waals surface area contributed by atoms with Gasteiger partial charge in [0.25, 0.3) is 0 Å². The Labute approximate surface area is 187 Å². The fourth-order valence-electron chi connectivity index (χ4n) is 4.14. The van der Waals surface area contributed by atoms with Gasteiger partial charge in [-0.05, 0) is 44.0 Å². The Hall–Kier alpha value is -2.91. The molecule has 0 aromatic heterocycles. The molecule has 32 heavy (non-hydrogen) atoms. The van der Waals surface area contributed by atoms with Crippen LogP contribution in [0.5, 0.6) is 5.75 Å². The number of piperidine rings is 1. The van der Waals surface area contributed by atoms with Crippen molar-refractivity contribution in [2.24, 2.45) is 5.92 Å². The molecule has 170 valence electrons. The third kappa shape index (κ3) is 4.22. The van der Waals surface area contributed by atoms with Gasteiger partial charge in [0.15, 0.2) is 0 Å². The van der Waals surface area contributed by atoms with E-state index in [0.29, 0.717) is 30.8 Å². The van der Waals surface area contributed by atoms with Crippen molar-refractivity contribution in [3.05, 3.63) is 54.1 Å². The third-order valence-electron chi connectivity index (χ3n) is 5.90. The minimum Gasteiger partial charge on any atom is -0.475 e. The van der Waals surface area contributed by atoms with Crippen molar-refractivity contribution in [1.82, 2.24) is 4.31 Å². The molecule has 1 fully saturated rings. The number of carbonyl (C=O) groups excluding carboxylic acids is 2. The number of benzene rings is 2. The Balaban J connectivity index is 1.57. The summed E-state index contributed by atoms with van der Waals surface area (Å²) in [7, 11) is -2.43. The molecule has 1 saturated heterocycles. The monoisotopic (exact) mass is 458 g/mol. The Morgan fingerprint density at radius 3 is 2.50 bits per heavy atom. The van der Waals surface area contributed by atoms with E-state index in [1.807, 2.05) is 6.92 Å². The molecule has 0 radical (unpaired) electrons. The zero-order valence-electron chi connectivity index (χ0n) is 18.1. The summed E-state index contributed by atoms with van der Waals surface area (Å²) >= 11 is 0. The fourth-order valence-corrected chi connectivity index (χ4v) is 5.66. The summed E-state index contributed by atoms with van der Waals surface area (Å²) in [6.45, 7) is 2.37. The molecule has 2 unspecified atom stereocenters. The van der Waals surface area contributed by atoms with Crippen LogP contribution < -0.4 is 9.64 Å². The van der Waals surface area contributed by atoms with E-state index in [9.17, 15) is 18.0 Å². The van der Waals surface area contributed by atoms with Gasteiger partial charge in [-0.2, -0.15) is 4.31 Å². The van der Waals surface area contributed by atoms with Crippen LogP contribution in [0.1, 0.15) is 18.4 Å². The molecule has 0 bridgehead atoms. The van der Waals surface area contributed by atoms with E-state index in [0.717, 1.165) is 5.56 Å². The van der Waals surface area contributed by atoms with Crippen molar-refractivity contribution in [2.75, 3.05) is 31.6 Å². The van der Waals surface area contributed by atoms with Gasteiger partial charge in [-0.25, -0.2) is 13.2 Å². The maximum Gasteiger partial charge on any atom is 0.348 e.